The molecule has 1 unspecified atom stereocenters. The fraction of sp³-hybridized carbons (Fsp3) is 0.700. The fourth-order valence-corrected chi connectivity index (χ4v) is 1.47. The van der Waals surface area contributed by atoms with Gasteiger partial charge in [0.25, 0.3) is 0 Å². The fourth-order valence-electron chi connectivity index (χ4n) is 1.47. The topological polar surface area (TPSA) is 29.9 Å². The van der Waals surface area contributed by atoms with Crippen LogP contribution in [0.5, 0.6) is 0 Å². The van der Waals surface area contributed by atoms with Crippen molar-refractivity contribution in [3.63, 3.8) is 0 Å². The van der Waals surface area contributed by atoms with Gasteiger partial charge >= 0.3 is 0 Å². The first-order chi connectivity index (χ1) is 6.34. The number of nitrogens with one attached hydrogen (secondary N) is 1. The zero-order chi connectivity index (χ0) is 9.10. The molecule has 1 atom stereocenters. The largest absolute Gasteiger partial charge is 0.336 e. The standard InChI is InChI=1S/C10H17N3/c1-9(12-6-10-2-3-10)7-13-5-4-11-8-13/h4-5,8-10,12H,2-3,6-7H2,1H3. The number of nitrogens with zero attached hydrogens (tertiary/aromatic N) is 2. The smallest absolute Gasteiger partial charge is 0.0946 e. The SMILES string of the molecule is CC(Cn1ccnc1)NCC1CC1. The monoisotopic (exact) mass is 179 g/mol. The van der Waals surface area contributed by atoms with Gasteiger partial charge in [0.1, 0.15) is 0 Å². The molecule has 0 radical (unpaired) electrons. The average molecular weight is 179 g/mol. The van der Waals surface area contributed by atoms with Crippen molar-refractivity contribution in [2.45, 2.75) is 32.4 Å². The van der Waals surface area contributed by atoms with Crippen LogP contribution in [0.3, 0.4) is 0 Å². The van der Waals surface area contributed by atoms with Crippen molar-refractivity contribution < 1.29 is 0 Å². The molecule has 0 saturated heterocycles. The molecular weight excluding hydrogens is 162 g/mol. The van der Waals surface area contributed by atoms with Gasteiger partial charge in [0.15, 0.2) is 0 Å². The van der Waals surface area contributed by atoms with Crippen molar-refractivity contribution >= 4 is 0 Å². The van der Waals surface area contributed by atoms with E-state index in [9.17, 15) is 0 Å². The number of rotatable bonds is 5. The van der Waals surface area contributed by atoms with Crippen molar-refractivity contribution in [2.75, 3.05) is 6.54 Å². The summed E-state index contributed by atoms with van der Waals surface area (Å²) in [5.41, 5.74) is 0. The summed E-state index contributed by atoms with van der Waals surface area (Å²) in [4.78, 5) is 4.02. The van der Waals surface area contributed by atoms with Crippen LogP contribution in [-0.2, 0) is 6.54 Å². The highest BCUT2D eigenvalue weighted by molar-refractivity contribution is 4.79. The molecule has 1 aliphatic carbocycles. The molecule has 72 valence electrons. The normalized spacial score (nSPS) is 18.8. The lowest BCUT2D eigenvalue weighted by Crippen LogP contribution is -2.31. The number of hydrogen-bond donors (Lipinski definition) is 1. The van der Waals surface area contributed by atoms with E-state index in [1.165, 1.54) is 19.4 Å². The van der Waals surface area contributed by atoms with Crippen molar-refractivity contribution in [2.24, 2.45) is 5.92 Å². The minimum absolute atomic E-state index is 0.551. The lowest BCUT2D eigenvalue weighted by atomic mass is 10.3. The predicted molar refractivity (Wildman–Crippen MR) is 52.4 cm³/mol. The van der Waals surface area contributed by atoms with Crippen LogP contribution in [-0.4, -0.2) is 22.1 Å². The van der Waals surface area contributed by atoms with E-state index in [0.29, 0.717) is 6.04 Å². The van der Waals surface area contributed by atoms with Crippen LogP contribution in [0.15, 0.2) is 18.7 Å². The molecule has 0 aliphatic heterocycles. The summed E-state index contributed by atoms with van der Waals surface area (Å²) in [6.07, 6.45) is 8.55. The number of aromatic nitrogens is 2. The van der Waals surface area contributed by atoms with Crippen LogP contribution in [0.25, 0.3) is 0 Å². The molecule has 1 aromatic rings. The van der Waals surface area contributed by atoms with Crippen LogP contribution in [0, 0.1) is 5.92 Å². The van der Waals surface area contributed by atoms with Gasteiger partial charge in [-0.2, -0.15) is 0 Å². The third kappa shape index (κ3) is 2.84. The maximum atomic E-state index is 4.02. The van der Waals surface area contributed by atoms with Gasteiger partial charge in [-0.3, -0.25) is 0 Å². The molecule has 0 amide bonds. The Morgan fingerprint density at radius 3 is 3.08 bits per heavy atom. The maximum Gasteiger partial charge on any atom is 0.0946 e. The second-order valence-corrected chi connectivity index (χ2v) is 4.01. The van der Waals surface area contributed by atoms with Gasteiger partial charge in [0.05, 0.1) is 6.33 Å². The zero-order valence-electron chi connectivity index (χ0n) is 8.11. The first kappa shape index (κ1) is 8.75. The maximum absolute atomic E-state index is 4.02. The summed E-state index contributed by atoms with van der Waals surface area (Å²) < 4.78 is 2.12. The molecule has 0 spiro atoms. The van der Waals surface area contributed by atoms with E-state index < -0.39 is 0 Å². The Morgan fingerprint density at radius 2 is 2.46 bits per heavy atom. The van der Waals surface area contributed by atoms with Gasteiger partial charge in [0, 0.05) is 25.0 Å². The molecule has 1 aliphatic rings. The molecule has 1 heterocycles. The first-order valence-corrected chi connectivity index (χ1v) is 5.03. The Labute approximate surface area is 79.2 Å². The van der Waals surface area contributed by atoms with E-state index in [2.05, 4.69) is 21.8 Å². The van der Waals surface area contributed by atoms with Crippen molar-refractivity contribution in [1.82, 2.24) is 14.9 Å². The van der Waals surface area contributed by atoms with E-state index >= 15 is 0 Å². The average Bonchev–Trinajstić information content (AvgIpc) is 2.82. The Kier molecular flexibility index (Phi) is 2.64. The number of imidazole rings is 1. The van der Waals surface area contributed by atoms with Crippen LogP contribution in [0.1, 0.15) is 19.8 Å². The highest BCUT2D eigenvalue weighted by atomic mass is 15.1. The summed E-state index contributed by atoms with van der Waals surface area (Å²) in [6.45, 7) is 4.44. The van der Waals surface area contributed by atoms with Crippen LogP contribution >= 0.6 is 0 Å². The second-order valence-electron chi connectivity index (χ2n) is 4.01. The molecular formula is C10H17N3. The van der Waals surface area contributed by atoms with Gasteiger partial charge < -0.3 is 9.88 Å². The Bertz CT molecular complexity index is 239. The van der Waals surface area contributed by atoms with Crippen LogP contribution in [0.2, 0.25) is 0 Å². The van der Waals surface area contributed by atoms with Crippen molar-refractivity contribution in [3.05, 3.63) is 18.7 Å². The summed E-state index contributed by atoms with van der Waals surface area (Å²) in [7, 11) is 0. The lowest BCUT2D eigenvalue weighted by molar-refractivity contribution is 0.466. The molecule has 0 aromatic carbocycles. The van der Waals surface area contributed by atoms with E-state index in [4.69, 9.17) is 0 Å². The van der Waals surface area contributed by atoms with Gasteiger partial charge in [-0.25, -0.2) is 4.98 Å². The minimum atomic E-state index is 0.551. The van der Waals surface area contributed by atoms with Gasteiger partial charge in [-0.1, -0.05) is 0 Å². The Balaban J connectivity index is 1.68. The third-order valence-corrected chi connectivity index (χ3v) is 2.50. The zero-order valence-corrected chi connectivity index (χ0v) is 8.11. The molecule has 1 saturated carbocycles. The molecule has 3 nitrogen and oxygen atoms in total. The molecule has 3 heteroatoms. The second kappa shape index (κ2) is 3.92. The predicted octanol–water partition coefficient (Wildman–Crippen LogP) is 1.27. The number of hydrogen-bond acceptors (Lipinski definition) is 2. The lowest BCUT2D eigenvalue weighted by Gasteiger charge is -2.13. The van der Waals surface area contributed by atoms with Gasteiger partial charge in [0.2, 0.25) is 0 Å². The molecule has 0 bridgehead atoms. The molecule has 1 aromatic heterocycles. The Morgan fingerprint density at radius 1 is 1.62 bits per heavy atom. The molecule has 1 fully saturated rings. The highest BCUT2D eigenvalue weighted by Crippen LogP contribution is 2.27. The summed E-state index contributed by atoms with van der Waals surface area (Å²) >= 11 is 0. The van der Waals surface area contributed by atoms with Crippen LogP contribution in [0.4, 0.5) is 0 Å². The van der Waals surface area contributed by atoms with Gasteiger partial charge in [-0.15, -0.1) is 0 Å². The van der Waals surface area contributed by atoms with Crippen LogP contribution < -0.4 is 5.32 Å². The van der Waals surface area contributed by atoms with E-state index in [-0.39, 0.29) is 0 Å². The molecule has 2 rings (SSSR count). The molecule has 1 N–H and O–H groups in total. The summed E-state index contributed by atoms with van der Waals surface area (Å²) in [6, 6.07) is 0.551. The van der Waals surface area contributed by atoms with Crippen molar-refractivity contribution in [3.8, 4) is 0 Å². The molecule has 13 heavy (non-hydrogen) atoms. The van der Waals surface area contributed by atoms with Crippen molar-refractivity contribution in [1.29, 1.82) is 0 Å². The van der Waals surface area contributed by atoms with E-state index in [1.807, 2.05) is 18.7 Å². The minimum Gasteiger partial charge on any atom is -0.336 e. The highest BCUT2D eigenvalue weighted by Gasteiger charge is 2.21. The third-order valence-electron chi connectivity index (χ3n) is 2.50. The van der Waals surface area contributed by atoms with Gasteiger partial charge in [-0.05, 0) is 32.2 Å². The Hall–Kier alpha value is -0.830. The quantitative estimate of drug-likeness (QED) is 0.737. The first-order valence-electron chi connectivity index (χ1n) is 5.03. The van der Waals surface area contributed by atoms with E-state index in [0.717, 1.165) is 12.5 Å². The van der Waals surface area contributed by atoms with E-state index in [1.54, 1.807) is 0 Å². The summed E-state index contributed by atoms with van der Waals surface area (Å²) in [5.74, 6) is 0.963. The summed E-state index contributed by atoms with van der Waals surface area (Å²) in [5, 5.41) is 3.53.